The fraction of sp³-hybridized carbons (Fsp3) is 0.692. The third kappa shape index (κ3) is 7.93. The zero-order valence-corrected chi connectivity index (χ0v) is 13.0. The molecule has 6 nitrogen and oxygen atoms in total. The Morgan fingerprint density at radius 3 is 2.20 bits per heavy atom. The molecule has 0 heterocycles. The van der Waals surface area contributed by atoms with Crippen molar-refractivity contribution in [1.29, 1.82) is 0 Å². The van der Waals surface area contributed by atoms with Crippen molar-refractivity contribution in [2.75, 3.05) is 12.3 Å². The molecule has 7 heteroatoms. The Bertz CT molecular complexity index is 385. The van der Waals surface area contributed by atoms with Crippen molar-refractivity contribution < 1.29 is 19.2 Å². The number of carbonyl (C=O) groups is 4. The van der Waals surface area contributed by atoms with E-state index in [-0.39, 0.29) is 42.1 Å². The number of amides is 2. The quantitative estimate of drug-likeness (QED) is 0.527. The maximum absolute atomic E-state index is 11.7. The second-order valence-electron chi connectivity index (χ2n) is 4.77. The molecule has 0 saturated heterocycles. The van der Waals surface area contributed by atoms with Crippen molar-refractivity contribution in [3.63, 3.8) is 0 Å². The minimum Gasteiger partial charge on any atom is -0.347 e. The van der Waals surface area contributed by atoms with Crippen molar-refractivity contribution in [1.82, 2.24) is 10.6 Å². The molecule has 0 spiro atoms. The number of nitrogens with one attached hydrogen (secondary N) is 2. The van der Waals surface area contributed by atoms with Gasteiger partial charge < -0.3 is 10.6 Å². The highest BCUT2D eigenvalue weighted by atomic mass is 32.1. The molecule has 114 valence electrons. The molecule has 0 fully saturated rings. The Kier molecular flexibility index (Phi) is 8.87. The van der Waals surface area contributed by atoms with Gasteiger partial charge in [0.05, 0.1) is 6.54 Å². The maximum atomic E-state index is 11.7. The first kappa shape index (κ1) is 18.6. The molecular formula is C13H22N2O4S. The van der Waals surface area contributed by atoms with E-state index in [0.717, 1.165) is 0 Å². The smallest absolute Gasteiger partial charge is 0.243 e. The second kappa shape index (κ2) is 9.52. The van der Waals surface area contributed by atoms with Gasteiger partial charge in [0.25, 0.3) is 0 Å². The van der Waals surface area contributed by atoms with Crippen LogP contribution in [0.25, 0.3) is 0 Å². The Morgan fingerprint density at radius 2 is 1.75 bits per heavy atom. The Labute approximate surface area is 124 Å². The van der Waals surface area contributed by atoms with E-state index in [9.17, 15) is 19.2 Å². The Balaban J connectivity index is 4.21. The van der Waals surface area contributed by atoms with Gasteiger partial charge in [0, 0.05) is 18.1 Å². The third-order valence-corrected chi connectivity index (χ3v) is 3.21. The van der Waals surface area contributed by atoms with Crippen LogP contribution in [0.2, 0.25) is 0 Å². The van der Waals surface area contributed by atoms with E-state index in [0.29, 0.717) is 6.42 Å². The lowest BCUT2D eigenvalue weighted by molar-refractivity contribution is -0.129. The summed E-state index contributed by atoms with van der Waals surface area (Å²) in [7, 11) is 0. The van der Waals surface area contributed by atoms with Crippen LogP contribution in [0.1, 0.15) is 33.6 Å². The van der Waals surface area contributed by atoms with E-state index in [2.05, 4.69) is 23.3 Å². The number of hydrogen-bond donors (Lipinski definition) is 3. The summed E-state index contributed by atoms with van der Waals surface area (Å²) in [6.07, 6.45) is 0.612. The van der Waals surface area contributed by atoms with Crippen LogP contribution in [-0.4, -0.2) is 41.7 Å². The van der Waals surface area contributed by atoms with Gasteiger partial charge in [-0.25, -0.2) is 0 Å². The fourth-order valence-corrected chi connectivity index (χ4v) is 1.60. The highest BCUT2D eigenvalue weighted by molar-refractivity contribution is 7.80. The molecule has 0 unspecified atom stereocenters. The lowest BCUT2D eigenvalue weighted by Gasteiger charge is -2.16. The minimum atomic E-state index is -0.780. The highest BCUT2D eigenvalue weighted by Gasteiger charge is 2.19. The number of hydrogen-bond acceptors (Lipinski definition) is 5. The molecule has 0 aliphatic rings. The molecule has 2 atom stereocenters. The van der Waals surface area contributed by atoms with E-state index in [1.54, 1.807) is 6.92 Å². The summed E-state index contributed by atoms with van der Waals surface area (Å²) in [6, 6.07) is -0.780. The summed E-state index contributed by atoms with van der Waals surface area (Å²) in [5.41, 5.74) is 0. The van der Waals surface area contributed by atoms with Crippen LogP contribution in [-0.2, 0) is 19.2 Å². The monoisotopic (exact) mass is 302 g/mol. The van der Waals surface area contributed by atoms with Crippen LogP contribution in [0.15, 0.2) is 0 Å². The molecule has 0 saturated carbocycles. The van der Waals surface area contributed by atoms with Crippen LogP contribution in [0.4, 0.5) is 0 Å². The summed E-state index contributed by atoms with van der Waals surface area (Å²) in [4.78, 5) is 45.2. The van der Waals surface area contributed by atoms with E-state index >= 15 is 0 Å². The summed E-state index contributed by atoms with van der Waals surface area (Å²) in [6.45, 7) is 4.53. The van der Waals surface area contributed by atoms with E-state index in [4.69, 9.17) is 0 Å². The number of thiol groups is 1. The third-order valence-electron chi connectivity index (χ3n) is 2.84. The summed E-state index contributed by atoms with van der Waals surface area (Å²) < 4.78 is 0. The lowest BCUT2D eigenvalue weighted by atomic mass is 10.0. The Morgan fingerprint density at radius 1 is 1.15 bits per heavy atom. The number of rotatable bonds is 9. The first-order valence-corrected chi connectivity index (χ1v) is 7.09. The van der Waals surface area contributed by atoms with Crippen molar-refractivity contribution in [3.05, 3.63) is 0 Å². The molecule has 0 bridgehead atoms. The SMILES string of the molecule is CC(=O)CNC(=O)[C@H](CS)NC(=O)CC[C@H](C)C(C)=O. The van der Waals surface area contributed by atoms with Crippen molar-refractivity contribution >= 4 is 36.0 Å². The van der Waals surface area contributed by atoms with Gasteiger partial charge >= 0.3 is 0 Å². The van der Waals surface area contributed by atoms with Gasteiger partial charge in [-0.05, 0) is 20.3 Å². The van der Waals surface area contributed by atoms with Crippen LogP contribution in [0.5, 0.6) is 0 Å². The lowest BCUT2D eigenvalue weighted by Crippen LogP contribution is -2.48. The highest BCUT2D eigenvalue weighted by Crippen LogP contribution is 2.06. The molecule has 0 radical (unpaired) electrons. The first-order chi connectivity index (χ1) is 9.27. The predicted molar refractivity (Wildman–Crippen MR) is 78.6 cm³/mol. The topological polar surface area (TPSA) is 92.3 Å². The van der Waals surface area contributed by atoms with Gasteiger partial charge in [-0.2, -0.15) is 12.6 Å². The van der Waals surface area contributed by atoms with E-state index in [1.165, 1.54) is 13.8 Å². The standard InChI is InChI=1S/C13H22N2O4S/c1-8(10(3)17)4-5-12(18)15-11(7-20)13(19)14-6-9(2)16/h8,11,20H,4-7H2,1-3H3,(H,14,19)(H,15,18)/t8-,11-/m0/s1. The molecule has 0 aromatic heterocycles. The number of carbonyl (C=O) groups excluding carboxylic acids is 4. The molecule has 2 N–H and O–H groups in total. The Hall–Kier alpha value is -1.37. The number of ketones is 2. The molecule has 2 amide bonds. The van der Waals surface area contributed by atoms with Gasteiger partial charge in [-0.1, -0.05) is 6.92 Å². The summed E-state index contributed by atoms with van der Waals surface area (Å²) in [5.74, 6) is -0.932. The van der Waals surface area contributed by atoms with Crippen LogP contribution >= 0.6 is 12.6 Å². The maximum Gasteiger partial charge on any atom is 0.243 e. The number of Topliss-reactive ketones (excluding diaryl/α,β-unsaturated/α-hetero) is 2. The van der Waals surface area contributed by atoms with E-state index < -0.39 is 11.9 Å². The van der Waals surface area contributed by atoms with Gasteiger partial charge in [0.15, 0.2) is 0 Å². The predicted octanol–water partition coefficient (Wildman–Crippen LogP) is 0.111. The average Bonchev–Trinajstić information content (AvgIpc) is 2.38. The van der Waals surface area contributed by atoms with Gasteiger partial charge in [-0.15, -0.1) is 0 Å². The van der Waals surface area contributed by atoms with Crippen molar-refractivity contribution in [3.8, 4) is 0 Å². The van der Waals surface area contributed by atoms with Crippen molar-refractivity contribution in [2.45, 2.75) is 39.7 Å². The molecule has 0 aliphatic heterocycles. The first-order valence-electron chi connectivity index (χ1n) is 6.45. The molecule has 0 aromatic rings. The molecular weight excluding hydrogens is 280 g/mol. The van der Waals surface area contributed by atoms with Crippen LogP contribution in [0, 0.1) is 5.92 Å². The average molecular weight is 302 g/mol. The zero-order valence-electron chi connectivity index (χ0n) is 12.1. The summed E-state index contributed by atoms with van der Waals surface area (Å²) in [5, 5.41) is 4.95. The zero-order chi connectivity index (χ0) is 15.7. The van der Waals surface area contributed by atoms with Gasteiger partial charge in [-0.3, -0.25) is 19.2 Å². The molecule has 20 heavy (non-hydrogen) atoms. The minimum absolute atomic E-state index is 0.0303. The van der Waals surface area contributed by atoms with Gasteiger partial charge in [0.1, 0.15) is 17.6 Å². The molecule has 0 aliphatic carbocycles. The van der Waals surface area contributed by atoms with E-state index in [1.807, 2.05) is 0 Å². The summed E-state index contributed by atoms with van der Waals surface area (Å²) >= 11 is 4.00. The van der Waals surface area contributed by atoms with Crippen LogP contribution in [0.3, 0.4) is 0 Å². The van der Waals surface area contributed by atoms with Gasteiger partial charge in [0.2, 0.25) is 11.8 Å². The van der Waals surface area contributed by atoms with Crippen LogP contribution < -0.4 is 10.6 Å². The second-order valence-corrected chi connectivity index (χ2v) is 5.14. The largest absolute Gasteiger partial charge is 0.347 e. The normalized spacial score (nSPS) is 13.2. The molecule has 0 aromatic carbocycles. The molecule has 0 rings (SSSR count). The fourth-order valence-electron chi connectivity index (χ4n) is 1.35. The van der Waals surface area contributed by atoms with Crippen molar-refractivity contribution in [2.24, 2.45) is 5.92 Å².